The van der Waals surface area contributed by atoms with Crippen LogP contribution in [0.4, 0.5) is 4.39 Å². The predicted octanol–water partition coefficient (Wildman–Crippen LogP) is 2.72. The summed E-state index contributed by atoms with van der Waals surface area (Å²) in [5, 5.41) is 0.399. The second-order valence-corrected chi connectivity index (χ2v) is 7.48. The number of fused-ring (bicyclic) bond motifs is 2. The van der Waals surface area contributed by atoms with E-state index >= 15 is 0 Å². The maximum absolute atomic E-state index is 14.3. The van der Waals surface area contributed by atoms with Gasteiger partial charge in [-0.05, 0) is 36.5 Å². The molecule has 5 rings (SSSR count). The van der Waals surface area contributed by atoms with Gasteiger partial charge < -0.3 is 14.9 Å². The molecule has 1 saturated heterocycles. The number of hydrogen-bond acceptors (Lipinski definition) is 2. The molecular formula is C20H18FN3O2. The average molecular weight is 351 g/mol. The van der Waals surface area contributed by atoms with Crippen molar-refractivity contribution in [2.24, 2.45) is 5.92 Å². The number of carbonyl (C=O) groups excluding carboxylic acids is 1. The van der Waals surface area contributed by atoms with E-state index in [1.54, 1.807) is 23.4 Å². The molecule has 2 fully saturated rings. The number of hydrogen-bond donors (Lipinski definition) is 2. The van der Waals surface area contributed by atoms with Crippen LogP contribution in [0.1, 0.15) is 27.9 Å². The number of carbonyl (C=O) groups is 1. The fourth-order valence-corrected chi connectivity index (χ4v) is 4.55. The molecule has 1 aliphatic carbocycles. The van der Waals surface area contributed by atoms with Gasteiger partial charge in [0.05, 0.1) is 16.5 Å². The SMILES string of the molecule is Cc1c[nH]c(=O)c2c(C(=O)N3CC4CC4(c4ccccc4F)C3)c[nH]c12. The van der Waals surface area contributed by atoms with Crippen LogP contribution in [-0.4, -0.2) is 33.9 Å². The number of aryl methyl sites for hydroxylation is 1. The highest BCUT2D eigenvalue weighted by molar-refractivity contribution is 6.07. The van der Waals surface area contributed by atoms with Crippen molar-refractivity contribution in [3.8, 4) is 0 Å². The van der Waals surface area contributed by atoms with E-state index in [-0.39, 0.29) is 28.6 Å². The number of halogens is 1. The summed E-state index contributed by atoms with van der Waals surface area (Å²) >= 11 is 0. The summed E-state index contributed by atoms with van der Waals surface area (Å²) in [6, 6.07) is 6.83. The molecule has 2 N–H and O–H groups in total. The molecule has 132 valence electrons. The number of piperidine rings is 1. The zero-order chi connectivity index (χ0) is 18.1. The van der Waals surface area contributed by atoms with Gasteiger partial charge in [-0.25, -0.2) is 4.39 Å². The summed E-state index contributed by atoms with van der Waals surface area (Å²) in [4.78, 5) is 32.8. The first-order chi connectivity index (χ1) is 12.5. The smallest absolute Gasteiger partial charge is 0.258 e. The van der Waals surface area contributed by atoms with Crippen LogP contribution < -0.4 is 5.56 Å². The molecule has 1 saturated carbocycles. The van der Waals surface area contributed by atoms with Gasteiger partial charge in [0.2, 0.25) is 0 Å². The molecule has 2 aromatic heterocycles. The van der Waals surface area contributed by atoms with E-state index in [0.29, 0.717) is 35.1 Å². The summed E-state index contributed by atoms with van der Waals surface area (Å²) in [7, 11) is 0. The van der Waals surface area contributed by atoms with Crippen molar-refractivity contribution >= 4 is 16.8 Å². The number of H-pyrrole nitrogens is 2. The van der Waals surface area contributed by atoms with Crippen molar-refractivity contribution in [2.45, 2.75) is 18.8 Å². The molecule has 1 aliphatic heterocycles. The first kappa shape index (κ1) is 15.4. The van der Waals surface area contributed by atoms with Crippen molar-refractivity contribution in [1.29, 1.82) is 0 Å². The maximum Gasteiger partial charge on any atom is 0.258 e. The summed E-state index contributed by atoms with van der Waals surface area (Å²) in [5.74, 6) is -0.0905. The third-order valence-electron chi connectivity index (χ3n) is 6.00. The first-order valence-electron chi connectivity index (χ1n) is 8.75. The van der Waals surface area contributed by atoms with Gasteiger partial charge in [-0.1, -0.05) is 18.2 Å². The van der Waals surface area contributed by atoms with Crippen LogP contribution in [0.3, 0.4) is 0 Å². The summed E-state index contributed by atoms with van der Waals surface area (Å²) in [6.07, 6.45) is 4.15. The number of benzene rings is 1. The highest BCUT2D eigenvalue weighted by Gasteiger charge is 2.62. The first-order valence-corrected chi connectivity index (χ1v) is 8.75. The number of amides is 1. The molecule has 2 aliphatic rings. The van der Waals surface area contributed by atoms with Gasteiger partial charge in [-0.15, -0.1) is 0 Å². The van der Waals surface area contributed by atoms with Gasteiger partial charge in [0, 0.05) is 30.9 Å². The van der Waals surface area contributed by atoms with Crippen molar-refractivity contribution in [1.82, 2.24) is 14.9 Å². The van der Waals surface area contributed by atoms with E-state index in [0.717, 1.165) is 12.0 Å². The highest BCUT2D eigenvalue weighted by atomic mass is 19.1. The molecule has 6 heteroatoms. The highest BCUT2D eigenvalue weighted by Crippen LogP contribution is 2.59. The van der Waals surface area contributed by atoms with E-state index in [1.807, 2.05) is 19.1 Å². The maximum atomic E-state index is 14.3. The van der Waals surface area contributed by atoms with Gasteiger partial charge in [0.1, 0.15) is 5.82 Å². The average Bonchev–Trinajstić information content (AvgIpc) is 3.00. The van der Waals surface area contributed by atoms with Crippen molar-refractivity contribution in [2.75, 3.05) is 13.1 Å². The van der Waals surface area contributed by atoms with Crippen LogP contribution in [0.15, 0.2) is 41.5 Å². The van der Waals surface area contributed by atoms with E-state index in [4.69, 9.17) is 0 Å². The number of rotatable bonds is 2. The van der Waals surface area contributed by atoms with Crippen LogP contribution >= 0.6 is 0 Å². The molecule has 5 nitrogen and oxygen atoms in total. The Balaban J connectivity index is 1.50. The van der Waals surface area contributed by atoms with Gasteiger partial charge in [0.25, 0.3) is 11.5 Å². The molecule has 0 bridgehead atoms. The number of likely N-dealkylation sites (tertiary alicyclic amines) is 1. The molecule has 3 aromatic rings. The predicted molar refractivity (Wildman–Crippen MR) is 95.7 cm³/mol. The second-order valence-electron chi connectivity index (χ2n) is 7.48. The zero-order valence-electron chi connectivity index (χ0n) is 14.3. The standard InChI is InChI=1S/C20H18FN3O2/c1-11-7-23-18(25)16-13(8-22-17(11)16)19(26)24-9-12-6-20(12,10-24)14-4-2-3-5-15(14)21/h2-5,7-8,12,22H,6,9-10H2,1H3,(H,23,25). The molecule has 2 unspecified atom stereocenters. The number of nitrogens with one attached hydrogen (secondary N) is 2. The fourth-order valence-electron chi connectivity index (χ4n) is 4.55. The van der Waals surface area contributed by atoms with Crippen LogP contribution in [0.25, 0.3) is 10.9 Å². The molecule has 2 atom stereocenters. The Hall–Kier alpha value is -2.89. The lowest BCUT2D eigenvalue weighted by Gasteiger charge is -2.21. The Morgan fingerprint density at radius 3 is 2.88 bits per heavy atom. The third kappa shape index (κ3) is 1.95. The quantitative estimate of drug-likeness (QED) is 0.745. The van der Waals surface area contributed by atoms with Crippen molar-refractivity contribution < 1.29 is 9.18 Å². The minimum atomic E-state index is -0.275. The van der Waals surface area contributed by atoms with E-state index < -0.39 is 0 Å². The van der Waals surface area contributed by atoms with Crippen LogP contribution in [0.2, 0.25) is 0 Å². The summed E-state index contributed by atoms with van der Waals surface area (Å²) in [5.41, 5.74) is 2.11. The normalized spacial score (nSPS) is 24.1. The van der Waals surface area contributed by atoms with Gasteiger partial charge >= 0.3 is 0 Å². The monoisotopic (exact) mass is 351 g/mol. The molecule has 1 aromatic carbocycles. The molecule has 1 amide bonds. The molecule has 3 heterocycles. The lowest BCUT2D eigenvalue weighted by Crippen LogP contribution is -2.33. The minimum absolute atomic E-state index is 0.171. The molecular weight excluding hydrogens is 333 g/mol. The number of aromatic amines is 2. The largest absolute Gasteiger partial charge is 0.360 e. The fraction of sp³-hybridized carbons (Fsp3) is 0.300. The van der Waals surface area contributed by atoms with E-state index in [2.05, 4.69) is 9.97 Å². The van der Waals surface area contributed by atoms with Crippen LogP contribution in [0.5, 0.6) is 0 Å². The third-order valence-corrected chi connectivity index (χ3v) is 6.00. The number of pyridine rings is 1. The van der Waals surface area contributed by atoms with Crippen LogP contribution in [0, 0.1) is 18.7 Å². The number of aromatic nitrogens is 2. The van der Waals surface area contributed by atoms with Crippen molar-refractivity contribution in [3.63, 3.8) is 0 Å². The second kappa shape index (κ2) is 5.06. The van der Waals surface area contributed by atoms with Gasteiger partial charge in [-0.3, -0.25) is 9.59 Å². The van der Waals surface area contributed by atoms with Crippen LogP contribution in [-0.2, 0) is 5.41 Å². The Morgan fingerprint density at radius 1 is 1.27 bits per heavy atom. The summed E-state index contributed by atoms with van der Waals surface area (Å²) in [6.45, 7) is 2.97. The van der Waals surface area contributed by atoms with E-state index in [9.17, 15) is 14.0 Å². The Morgan fingerprint density at radius 2 is 2.08 bits per heavy atom. The Labute approximate surface area is 148 Å². The lowest BCUT2D eigenvalue weighted by molar-refractivity contribution is 0.0774. The number of nitrogens with zero attached hydrogens (tertiary/aromatic N) is 1. The Bertz CT molecular complexity index is 1120. The zero-order valence-corrected chi connectivity index (χ0v) is 14.3. The molecule has 0 radical (unpaired) electrons. The molecule has 0 spiro atoms. The molecule has 26 heavy (non-hydrogen) atoms. The van der Waals surface area contributed by atoms with Crippen molar-refractivity contribution in [3.05, 3.63) is 69.5 Å². The summed E-state index contributed by atoms with van der Waals surface area (Å²) < 4.78 is 14.3. The van der Waals surface area contributed by atoms with E-state index in [1.165, 1.54) is 6.07 Å². The van der Waals surface area contributed by atoms with Gasteiger partial charge in [-0.2, -0.15) is 0 Å². The topological polar surface area (TPSA) is 69.0 Å². The lowest BCUT2D eigenvalue weighted by atomic mass is 9.94. The van der Waals surface area contributed by atoms with Gasteiger partial charge in [0.15, 0.2) is 0 Å². The minimum Gasteiger partial charge on any atom is -0.360 e. The Kier molecular flexibility index (Phi) is 2.99.